The van der Waals surface area contributed by atoms with Gasteiger partial charge in [-0.25, -0.2) is 0 Å². The van der Waals surface area contributed by atoms with Crippen LogP contribution in [0.5, 0.6) is 5.75 Å². The Kier molecular flexibility index (Phi) is 4.24. The lowest BCUT2D eigenvalue weighted by molar-refractivity contribution is 0.317. The summed E-state index contributed by atoms with van der Waals surface area (Å²) < 4.78 is 5.39. The molecule has 0 unspecified atom stereocenters. The molecule has 0 aromatic heterocycles. The quantitative estimate of drug-likeness (QED) is 0.860. The van der Waals surface area contributed by atoms with Crippen LogP contribution in [-0.4, -0.2) is 18.0 Å². The van der Waals surface area contributed by atoms with Crippen molar-refractivity contribution in [1.29, 1.82) is 0 Å². The number of methoxy groups -OCH3 is 1. The van der Waals surface area contributed by atoms with E-state index in [-0.39, 0.29) is 5.54 Å². The molecule has 0 saturated heterocycles. The van der Waals surface area contributed by atoms with Crippen molar-refractivity contribution in [3.63, 3.8) is 0 Å². The number of amidine groups is 1. The zero-order valence-corrected chi connectivity index (χ0v) is 15.6. The molecule has 1 heterocycles. The maximum Gasteiger partial charge on any atom is 0.154 e. The van der Waals surface area contributed by atoms with Crippen molar-refractivity contribution in [1.82, 2.24) is 0 Å². The Balaban J connectivity index is 1.85. The van der Waals surface area contributed by atoms with Gasteiger partial charge in [-0.1, -0.05) is 36.0 Å². The van der Waals surface area contributed by atoms with Crippen molar-refractivity contribution in [2.24, 2.45) is 16.6 Å². The molecule has 0 fully saturated rings. The van der Waals surface area contributed by atoms with Crippen molar-refractivity contribution >= 4 is 16.9 Å². The first-order chi connectivity index (χ1) is 12.1. The van der Waals surface area contributed by atoms with E-state index < -0.39 is 0 Å². The molecule has 0 radical (unpaired) electrons. The smallest absolute Gasteiger partial charge is 0.154 e. The maximum absolute atomic E-state index is 6.12. The third kappa shape index (κ3) is 2.93. The summed E-state index contributed by atoms with van der Waals surface area (Å²) in [6, 6.07) is 15.1. The molecule has 2 atom stereocenters. The van der Waals surface area contributed by atoms with Crippen molar-refractivity contribution in [3.8, 4) is 16.9 Å². The van der Waals surface area contributed by atoms with E-state index in [9.17, 15) is 0 Å². The third-order valence-electron chi connectivity index (χ3n) is 5.63. The fraction of sp³-hybridized carbons (Fsp3) is 0.381. The number of aliphatic imine (C=N–C) groups is 1. The van der Waals surface area contributed by atoms with Crippen LogP contribution < -0.4 is 10.5 Å². The molecule has 25 heavy (non-hydrogen) atoms. The molecule has 0 amide bonds. The number of nitrogens with zero attached hydrogens (tertiary/aromatic N) is 1. The van der Waals surface area contributed by atoms with E-state index >= 15 is 0 Å². The lowest BCUT2D eigenvalue weighted by Crippen LogP contribution is -2.37. The molecule has 3 nitrogen and oxygen atoms in total. The second-order valence-electron chi connectivity index (χ2n) is 7.10. The molecule has 1 aliphatic carbocycles. The van der Waals surface area contributed by atoms with E-state index in [1.54, 1.807) is 18.9 Å². The van der Waals surface area contributed by atoms with Crippen molar-refractivity contribution in [3.05, 3.63) is 53.6 Å². The summed E-state index contributed by atoms with van der Waals surface area (Å²) in [5.41, 5.74) is 11.1. The van der Waals surface area contributed by atoms with Gasteiger partial charge in [0.1, 0.15) is 5.75 Å². The summed E-state index contributed by atoms with van der Waals surface area (Å²) in [5.74, 6) is 2.49. The number of nitrogens with two attached hydrogens (primary N) is 1. The average molecular weight is 353 g/mol. The molecule has 130 valence electrons. The topological polar surface area (TPSA) is 47.6 Å². The second kappa shape index (κ2) is 6.41. The number of benzene rings is 2. The monoisotopic (exact) mass is 352 g/mol. The van der Waals surface area contributed by atoms with Gasteiger partial charge in [0.2, 0.25) is 0 Å². The van der Waals surface area contributed by atoms with E-state index in [4.69, 9.17) is 15.5 Å². The Morgan fingerprint density at radius 1 is 1.20 bits per heavy atom. The van der Waals surface area contributed by atoms with Crippen LogP contribution in [0.15, 0.2) is 47.5 Å². The minimum Gasteiger partial charge on any atom is -0.497 e. The Bertz CT molecular complexity index is 832. The van der Waals surface area contributed by atoms with Gasteiger partial charge in [-0.15, -0.1) is 0 Å². The highest BCUT2D eigenvalue weighted by Crippen LogP contribution is 2.46. The predicted molar refractivity (Wildman–Crippen MR) is 106 cm³/mol. The zero-order chi connectivity index (χ0) is 17.4. The van der Waals surface area contributed by atoms with E-state index in [0.717, 1.165) is 23.1 Å². The number of hydrogen-bond acceptors (Lipinski definition) is 4. The molecular formula is C21H24N2OS. The molecule has 2 aromatic rings. The van der Waals surface area contributed by atoms with E-state index in [1.807, 2.05) is 12.1 Å². The molecule has 0 bridgehead atoms. The van der Waals surface area contributed by atoms with Gasteiger partial charge < -0.3 is 10.5 Å². The summed E-state index contributed by atoms with van der Waals surface area (Å²) in [6.07, 6.45) is 3.56. The molecule has 2 N–H and O–H groups in total. The van der Waals surface area contributed by atoms with Crippen molar-refractivity contribution < 1.29 is 4.74 Å². The van der Waals surface area contributed by atoms with Gasteiger partial charge in [-0.2, -0.15) is 0 Å². The fourth-order valence-electron chi connectivity index (χ4n) is 4.13. The normalized spacial score (nSPS) is 25.4. The van der Waals surface area contributed by atoms with Gasteiger partial charge in [-0.05, 0) is 72.6 Å². The Labute approximate surface area is 153 Å². The lowest BCUT2D eigenvalue weighted by atomic mass is 9.78. The van der Waals surface area contributed by atoms with Crippen LogP contribution in [-0.2, 0) is 12.0 Å². The van der Waals surface area contributed by atoms with Gasteiger partial charge in [-0.3, -0.25) is 4.99 Å². The van der Waals surface area contributed by atoms with Crippen molar-refractivity contribution in [2.45, 2.75) is 31.7 Å². The van der Waals surface area contributed by atoms with Crippen LogP contribution in [0.3, 0.4) is 0 Å². The largest absolute Gasteiger partial charge is 0.497 e. The van der Waals surface area contributed by atoms with Crippen LogP contribution in [0.4, 0.5) is 0 Å². The minimum atomic E-state index is -0.212. The first-order valence-corrected chi connectivity index (χ1v) is 9.84. The first kappa shape index (κ1) is 16.5. The first-order valence-electron chi connectivity index (χ1n) is 8.86. The number of hydrogen-bond donors (Lipinski definition) is 1. The number of aryl methyl sites for hydroxylation is 1. The molecule has 4 heteroatoms. The number of ether oxygens (including phenoxy) is 1. The van der Waals surface area contributed by atoms with Crippen LogP contribution in [0.1, 0.15) is 30.9 Å². The number of fused-ring (bicyclic) bond motifs is 3. The minimum absolute atomic E-state index is 0.212. The van der Waals surface area contributed by atoms with E-state index in [2.05, 4.69) is 37.3 Å². The summed E-state index contributed by atoms with van der Waals surface area (Å²) in [7, 11) is 1.71. The average Bonchev–Trinajstić information content (AvgIpc) is 2.77. The summed E-state index contributed by atoms with van der Waals surface area (Å²) >= 11 is 1.70. The SMILES string of the molecule is COc1cccc(-c2ccc3c(c2)[C@@]2(C)N=C(N)SC[C@H]2CCC3)c1. The summed E-state index contributed by atoms with van der Waals surface area (Å²) in [6.45, 7) is 2.27. The Morgan fingerprint density at radius 2 is 2.04 bits per heavy atom. The van der Waals surface area contributed by atoms with E-state index in [0.29, 0.717) is 5.92 Å². The third-order valence-corrected chi connectivity index (χ3v) is 6.58. The van der Waals surface area contributed by atoms with Crippen LogP contribution in [0.2, 0.25) is 0 Å². The fourth-order valence-corrected chi connectivity index (χ4v) is 5.25. The van der Waals surface area contributed by atoms with E-state index in [1.165, 1.54) is 35.1 Å². The highest BCUT2D eigenvalue weighted by molar-refractivity contribution is 8.13. The van der Waals surface area contributed by atoms with Gasteiger partial charge >= 0.3 is 0 Å². The molecular weight excluding hydrogens is 328 g/mol. The zero-order valence-electron chi connectivity index (χ0n) is 14.8. The van der Waals surface area contributed by atoms with Gasteiger partial charge in [0.05, 0.1) is 12.6 Å². The van der Waals surface area contributed by atoms with Gasteiger partial charge in [0, 0.05) is 5.75 Å². The molecule has 0 spiro atoms. The van der Waals surface area contributed by atoms with Crippen LogP contribution >= 0.6 is 11.8 Å². The highest BCUT2D eigenvalue weighted by Gasteiger charge is 2.41. The summed E-state index contributed by atoms with van der Waals surface area (Å²) in [5, 5.41) is 0.721. The van der Waals surface area contributed by atoms with Crippen LogP contribution in [0.25, 0.3) is 11.1 Å². The summed E-state index contributed by atoms with van der Waals surface area (Å²) in [4.78, 5) is 4.94. The van der Waals surface area contributed by atoms with Gasteiger partial charge in [0.25, 0.3) is 0 Å². The second-order valence-corrected chi connectivity index (χ2v) is 8.14. The Morgan fingerprint density at radius 3 is 2.88 bits per heavy atom. The molecule has 4 rings (SSSR count). The highest BCUT2D eigenvalue weighted by atomic mass is 32.2. The number of thioether (sulfide) groups is 1. The lowest BCUT2D eigenvalue weighted by Gasteiger charge is -2.37. The Hall–Kier alpha value is -1.94. The molecule has 2 aromatic carbocycles. The van der Waals surface area contributed by atoms with Gasteiger partial charge in [0.15, 0.2) is 5.17 Å². The molecule has 1 aliphatic heterocycles. The van der Waals surface area contributed by atoms with Crippen molar-refractivity contribution in [2.75, 3.05) is 12.9 Å². The number of rotatable bonds is 2. The molecule has 0 saturated carbocycles. The maximum atomic E-state index is 6.12. The standard InChI is InChI=1S/C21H24N2OS/c1-21-17(13-25-20(22)23-21)7-3-5-14-9-10-16(12-19(14)21)15-6-4-8-18(11-15)24-2/h4,6,8-12,17H,3,5,7,13H2,1-2H3,(H2,22,23)/t17-,21+/m1/s1. The predicted octanol–water partition coefficient (Wildman–Crippen LogP) is 4.59. The molecule has 2 aliphatic rings. The van der Waals surface area contributed by atoms with Crippen LogP contribution in [0, 0.1) is 5.92 Å².